The predicted octanol–water partition coefficient (Wildman–Crippen LogP) is 5.18. The van der Waals surface area contributed by atoms with Crippen LogP contribution < -0.4 is 10.1 Å². The maximum atomic E-state index is 12.0. The van der Waals surface area contributed by atoms with Gasteiger partial charge in [-0.25, -0.2) is 0 Å². The number of aryl methyl sites for hydroxylation is 2. The number of hydrogen-bond donors (Lipinski definition) is 1. The van der Waals surface area contributed by atoms with E-state index in [1.54, 1.807) is 36.4 Å². The molecule has 0 unspecified atom stereocenters. The molecule has 1 amide bonds. The summed E-state index contributed by atoms with van der Waals surface area (Å²) in [6.45, 7) is 3.99. The van der Waals surface area contributed by atoms with Crippen molar-refractivity contribution in [1.29, 1.82) is 0 Å². The minimum absolute atomic E-state index is 0.149. The molecule has 31 heavy (non-hydrogen) atoms. The summed E-state index contributed by atoms with van der Waals surface area (Å²) in [4.78, 5) is 12.0. The average Bonchev–Trinajstić information content (AvgIpc) is 3.41. The Morgan fingerprint density at radius 3 is 2.55 bits per heavy atom. The van der Waals surface area contributed by atoms with E-state index in [2.05, 4.69) is 15.5 Å². The van der Waals surface area contributed by atoms with Gasteiger partial charge in [0.15, 0.2) is 6.61 Å². The summed E-state index contributed by atoms with van der Waals surface area (Å²) in [5.74, 6) is 2.64. The number of aromatic nitrogens is 2. The third-order valence-electron chi connectivity index (χ3n) is 4.49. The zero-order valence-corrected chi connectivity index (χ0v) is 17.2. The average molecular weight is 415 g/mol. The number of nitrogens with one attached hydrogen (secondary N) is 1. The normalized spacial score (nSPS) is 11.0. The second kappa shape index (κ2) is 9.13. The molecule has 2 heterocycles. The second-order valence-electron chi connectivity index (χ2n) is 6.90. The molecule has 0 saturated carbocycles. The van der Waals surface area contributed by atoms with Crippen LogP contribution in [0.1, 0.15) is 23.0 Å². The predicted molar refractivity (Wildman–Crippen MR) is 116 cm³/mol. The topological polar surface area (TPSA) is 90.4 Å². The molecule has 0 aliphatic carbocycles. The number of carbonyl (C=O) groups excluding carboxylic acids is 1. The van der Waals surface area contributed by atoms with E-state index >= 15 is 0 Å². The number of anilines is 1. The molecule has 4 aromatic rings. The van der Waals surface area contributed by atoms with E-state index in [0.29, 0.717) is 29.0 Å². The van der Waals surface area contributed by atoms with Crippen LogP contribution in [-0.2, 0) is 11.4 Å². The van der Waals surface area contributed by atoms with Crippen molar-refractivity contribution in [2.24, 2.45) is 0 Å². The minimum Gasteiger partial charge on any atom is -0.484 e. The Balaban J connectivity index is 1.30. The van der Waals surface area contributed by atoms with Gasteiger partial charge in [-0.3, -0.25) is 4.79 Å². The number of amides is 1. The van der Waals surface area contributed by atoms with Crippen molar-refractivity contribution < 1.29 is 18.4 Å². The third kappa shape index (κ3) is 5.27. The van der Waals surface area contributed by atoms with E-state index in [0.717, 1.165) is 16.9 Å². The van der Waals surface area contributed by atoms with Crippen LogP contribution in [0.2, 0.25) is 0 Å². The molecule has 0 aliphatic rings. The largest absolute Gasteiger partial charge is 0.484 e. The maximum absolute atomic E-state index is 12.0. The SMILES string of the molecule is Cc1ccc(/C=C/C(=O)Nc2ccc(OCc3nnc(-c4ccccc4C)o3)cc2)o1. The van der Waals surface area contributed by atoms with Crippen molar-refractivity contribution in [3.05, 3.63) is 89.7 Å². The van der Waals surface area contributed by atoms with E-state index in [1.165, 1.54) is 6.08 Å². The van der Waals surface area contributed by atoms with Crippen LogP contribution in [0, 0.1) is 13.8 Å². The lowest BCUT2D eigenvalue weighted by Gasteiger charge is -2.06. The summed E-state index contributed by atoms with van der Waals surface area (Å²) in [7, 11) is 0. The van der Waals surface area contributed by atoms with E-state index in [-0.39, 0.29) is 12.5 Å². The van der Waals surface area contributed by atoms with Crippen LogP contribution >= 0.6 is 0 Å². The highest BCUT2D eigenvalue weighted by Crippen LogP contribution is 2.22. The second-order valence-corrected chi connectivity index (χ2v) is 6.90. The summed E-state index contributed by atoms with van der Waals surface area (Å²) in [5.41, 5.74) is 2.61. The number of benzene rings is 2. The van der Waals surface area contributed by atoms with Gasteiger partial charge in [0.05, 0.1) is 0 Å². The monoisotopic (exact) mass is 415 g/mol. The quantitative estimate of drug-likeness (QED) is 0.419. The Labute approximate surface area is 179 Å². The number of nitrogens with zero attached hydrogens (tertiary/aromatic N) is 2. The number of furan rings is 1. The van der Waals surface area contributed by atoms with Gasteiger partial charge in [-0.2, -0.15) is 0 Å². The number of hydrogen-bond acceptors (Lipinski definition) is 6. The van der Waals surface area contributed by atoms with Crippen LogP contribution in [0.5, 0.6) is 5.75 Å². The van der Waals surface area contributed by atoms with Gasteiger partial charge in [0.25, 0.3) is 5.89 Å². The maximum Gasteiger partial charge on any atom is 0.254 e. The molecule has 1 N–H and O–H groups in total. The van der Waals surface area contributed by atoms with Gasteiger partial charge in [0.2, 0.25) is 11.8 Å². The first-order valence-electron chi connectivity index (χ1n) is 9.73. The zero-order valence-electron chi connectivity index (χ0n) is 17.2. The van der Waals surface area contributed by atoms with Gasteiger partial charge in [0.1, 0.15) is 17.3 Å². The Bertz CT molecular complexity index is 1210. The molecule has 2 aromatic heterocycles. The molecular formula is C24H21N3O4. The lowest BCUT2D eigenvalue weighted by Crippen LogP contribution is -2.07. The minimum atomic E-state index is -0.252. The van der Waals surface area contributed by atoms with E-state index < -0.39 is 0 Å². The fourth-order valence-electron chi connectivity index (χ4n) is 2.90. The molecule has 0 aliphatic heterocycles. The number of ether oxygens (including phenoxy) is 1. The van der Waals surface area contributed by atoms with Gasteiger partial charge >= 0.3 is 0 Å². The molecule has 0 bridgehead atoms. The van der Waals surface area contributed by atoms with Gasteiger partial charge < -0.3 is 18.9 Å². The van der Waals surface area contributed by atoms with Crippen LogP contribution in [0.3, 0.4) is 0 Å². The highest BCUT2D eigenvalue weighted by Gasteiger charge is 2.11. The summed E-state index contributed by atoms with van der Waals surface area (Å²) < 4.78 is 16.8. The van der Waals surface area contributed by atoms with Crippen molar-refractivity contribution in [2.45, 2.75) is 20.5 Å². The van der Waals surface area contributed by atoms with Gasteiger partial charge in [0, 0.05) is 17.3 Å². The summed E-state index contributed by atoms with van der Waals surface area (Å²) >= 11 is 0. The highest BCUT2D eigenvalue weighted by atomic mass is 16.5. The van der Waals surface area contributed by atoms with Crippen molar-refractivity contribution in [3.8, 4) is 17.2 Å². The first kappa shape index (κ1) is 20.2. The third-order valence-corrected chi connectivity index (χ3v) is 4.49. The smallest absolute Gasteiger partial charge is 0.254 e. The van der Waals surface area contributed by atoms with Crippen molar-refractivity contribution >= 4 is 17.7 Å². The molecule has 0 fully saturated rings. The van der Waals surface area contributed by atoms with Crippen LogP contribution in [0.25, 0.3) is 17.5 Å². The number of rotatable bonds is 7. The molecule has 2 aromatic carbocycles. The molecule has 7 nitrogen and oxygen atoms in total. The van der Waals surface area contributed by atoms with Crippen LogP contribution in [0.15, 0.2) is 75.6 Å². The first-order chi connectivity index (χ1) is 15.1. The summed E-state index contributed by atoms with van der Waals surface area (Å²) in [6, 6.07) is 18.5. The summed E-state index contributed by atoms with van der Waals surface area (Å²) in [6.07, 6.45) is 3.04. The van der Waals surface area contributed by atoms with Crippen LogP contribution in [-0.4, -0.2) is 16.1 Å². The van der Waals surface area contributed by atoms with E-state index in [4.69, 9.17) is 13.6 Å². The van der Waals surface area contributed by atoms with Crippen molar-refractivity contribution in [1.82, 2.24) is 10.2 Å². The Kier molecular flexibility index (Phi) is 5.93. The molecule has 0 saturated heterocycles. The lowest BCUT2D eigenvalue weighted by molar-refractivity contribution is -0.111. The van der Waals surface area contributed by atoms with Crippen molar-refractivity contribution in [3.63, 3.8) is 0 Å². The highest BCUT2D eigenvalue weighted by molar-refractivity contribution is 6.01. The zero-order chi connectivity index (χ0) is 21.6. The molecule has 4 rings (SSSR count). The van der Waals surface area contributed by atoms with Crippen LogP contribution in [0.4, 0.5) is 5.69 Å². The van der Waals surface area contributed by atoms with E-state index in [1.807, 2.05) is 44.2 Å². The summed E-state index contributed by atoms with van der Waals surface area (Å²) in [5, 5.41) is 10.9. The van der Waals surface area contributed by atoms with Gasteiger partial charge in [-0.05, 0) is 68.0 Å². The molecule has 0 spiro atoms. The fraction of sp³-hybridized carbons (Fsp3) is 0.125. The van der Waals surface area contributed by atoms with Crippen molar-refractivity contribution in [2.75, 3.05) is 5.32 Å². The molecule has 0 radical (unpaired) electrons. The Hall–Kier alpha value is -4.13. The lowest BCUT2D eigenvalue weighted by atomic mass is 10.1. The number of carbonyl (C=O) groups is 1. The van der Waals surface area contributed by atoms with Gasteiger partial charge in [-0.1, -0.05) is 18.2 Å². The molecular weight excluding hydrogens is 394 g/mol. The molecule has 7 heteroatoms. The fourth-order valence-corrected chi connectivity index (χ4v) is 2.90. The molecule has 156 valence electrons. The van der Waals surface area contributed by atoms with Gasteiger partial charge in [-0.15, -0.1) is 10.2 Å². The molecule has 0 atom stereocenters. The first-order valence-corrected chi connectivity index (χ1v) is 9.73. The standard InChI is InChI=1S/C24H21N3O4/c1-16-5-3-4-6-21(16)24-27-26-23(31-24)15-29-19-11-8-18(9-12-19)25-22(28)14-13-20-10-7-17(2)30-20/h3-14H,15H2,1-2H3,(H,25,28)/b14-13+. The van der Waals surface area contributed by atoms with E-state index in [9.17, 15) is 4.79 Å². The Morgan fingerprint density at radius 2 is 1.81 bits per heavy atom. The Morgan fingerprint density at radius 1 is 1.00 bits per heavy atom.